The molecule has 1 aliphatic heterocycles. The lowest BCUT2D eigenvalue weighted by Gasteiger charge is -2.35. The minimum absolute atomic E-state index is 0.461. The Labute approximate surface area is 145 Å². The number of rotatable bonds is 7. The number of thioether (sulfide) groups is 1. The van der Waals surface area contributed by atoms with Crippen LogP contribution in [-0.2, 0) is 0 Å². The third kappa shape index (κ3) is 4.05. The van der Waals surface area contributed by atoms with E-state index in [0.29, 0.717) is 6.42 Å². The average Bonchev–Trinajstić information content (AvgIpc) is 2.87. The largest absolute Gasteiger partial charge is 0.389 e. The first-order valence-corrected chi connectivity index (χ1v) is 9.67. The summed E-state index contributed by atoms with van der Waals surface area (Å²) >= 11 is 1.70. The normalized spacial score (nSPS) is 20.8. The van der Waals surface area contributed by atoms with Gasteiger partial charge in [0.05, 0.1) is 11.8 Å². The third-order valence-corrected chi connectivity index (χ3v) is 6.03. The van der Waals surface area contributed by atoms with Gasteiger partial charge in [-0.05, 0) is 25.0 Å². The van der Waals surface area contributed by atoms with E-state index in [2.05, 4.69) is 41.9 Å². The fourth-order valence-corrected chi connectivity index (χ4v) is 4.46. The van der Waals surface area contributed by atoms with Crippen molar-refractivity contribution in [1.82, 2.24) is 0 Å². The molecular formula is C20H29NOS. The molecular weight excluding hydrogens is 302 g/mol. The van der Waals surface area contributed by atoms with E-state index >= 15 is 0 Å². The summed E-state index contributed by atoms with van der Waals surface area (Å²) in [5, 5.41) is 10.7. The number of fused-ring (bicyclic) bond motifs is 1. The molecule has 0 saturated carbocycles. The van der Waals surface area contributed by atoms with Crippen molar-refractivity contribution in [2.75, 3.05) is 11.9 Å². The second kappa shape index (κ2) is 8.66. The molecule has 2 atom stereocenters. The molecule has 1 heterocycles. The Bertz CT molecular complexity index is 562. The van der Waals surface area contributed by atoms with E-state index in [4.69, 9.17) is 0 Å². The van der Waals surface area contributed by atoms with Crippen molar-refractivity contribution in [3.63, 3.8) is 0 Å². The topological polar surface area (TPSA) is 23.5 Å². The van der Waals surface area contributed by atoms with E-state index < -0.39 is 11.0 Å². The van der Waals surface area contributed by atoms with Gasteiger partial charge in [0.15, 0.2) is 4.87 Å². The molecule has 0 fully saturated rings. The number of nitrogens with zero attached hydrogens (tertiary/aromatic N) is 1. The van der Waals surface area contributed by atoms with Gasteiger partial charge in [0.1, 0.15) is 0 Å². The number of unbranched alkanes of at least 4 members (excludes halogenated alkanes) is 5. The Balaban J connectivity index is 2.08. The Morgan fingerprint density at radius 3 is 2.61 bits per heavy atom. The zero-order valence-corrected chi connectivity index (χ0v) is 15.5. The van der Waals surface area contributed by atoms with Crippen LogP contribution in [0.5, 0.6) is 0 Å². The lowest BCUT2D eigenvalue weighted by Crippen LogP contribution is -2.49. The Morgan fingerprint density at radius 2 is 1.91 bits per heavy atom. The molecule has 1 aromatic carbocycles. The summed E-state index contributed by atoms with van der Waals surface area (Å²) in [5.41, 5.74) is 1.17. The van der Waals surface area contributed by atoms with Crippen LogP contribution in [0.15, 0.2) is 29.2 Å². The molecule has 0 aromatic heterocycles. The molecule has 2 nitrogen and oxygen atoms in total. The summed E-state index contributed by atoms with van der Waals surface area (Å²) in [5.74, 6) is 6.78. The smallest absolute Gasteiger partial charge is 0.179 e. The third-order valence-electron chi connectivity index (χ3n) is 4.50. The van der Waals surface area contributed by atoms with E-state index in [1.54, 1.807) is 11.8 Å². The van der Waals surface area contributed by atoms with Crippen molar-refractivity contribution >= 4 is 17.4 Å². The van der Waals surface area contributed by atoms with Gasteiger partial charge in [-0.15, -0.1) is 0 Å². The quantitative estimate of drug-likeness (QED) is 0.558. The first-order valence-electron chi connectivity index (χ1n) is 8.85. The van der Waals surface area contributed by atoms with Crippen molar-refractivity contribution in [1.29, 1.82) is 0 Å². The van der Waals surface area contributed by atoms with Crippen LogP contribution in [-0.4, -0.2) is 23.1 Å². The number of hydrogen-bond acceptors (Lipinski definition) is 3. The van der Waals surface area contributed by atoms with Gasteiger partial charge in [0.2, 0.25) is 0 Å². The molecule has 0 amide bonds. The molecule has 1 aromatic rings. The number of anilines is 1. The molecule has 2 rings (SSSR count). The molecule has 0 aliphatic carbocycles. The zero-order valence-electron chi connectivity index (χ0n) is 14.6. The predicted molar refractivity (Wildman–Crippen MR) is 101 cm³/mol. The van der Waals surface area contributed by atoms with Gasteiger partial charge in [-0.3, -0.25) is 0 Å². The van der Waals surface area contributed by atoms with Crippen LogP contribution in [0.3, 0.4) is 0 Å². The number of para-hydroxylation sites is 1. The Kier molecular flexibility index (Phi) is 6.87. The lowest BCUT2D eigenvalue weighted by atomic mass is 10.1. The van der Waals surface area contributed by atoms with Gasteiger partial charge < -0.3 is 10.0 Å². The van der Waals surface area contributed by atoms with Crippen LogP contribution in [0.1, 0.15) is 58.8 Å². The highest BCUT2D eigenvalue weighted by atomic mass is 32.2. The fraction of sp³-hybridized carbons (Fsp3) is 0.600. The second-order valence-corrected chi connectivity index (χ2v) is 7.48. The predicted octanol–water partition coefficient (Wildman–Crippen LogP) is 5.06. The number of benzene rings is 1. The van der Waals surface area contributed by atoms with Crippen molar-refractivity contribution in [2.24, 2.45) is 0 Å². The summed E-state index contributed by atoms with van der Waals surface area (Å²) in [7, 11) is 2.05. The molecule has 3 heteroatoms. The second-order valence-electron chi connectivity index (χ2n) is 6.22. The van der Waals surface area contributed by atoms with Gasteiger partial charge in [-0.25, -0.2) is 0 Å². The van der Waals surface area contributed by atoms with Gasteiger partial charge >= 0.3 is 0 Å². The van der Waals surface area contributed by atoms with Gasteiger partial charge in [0, 0.05) is 18.4 Å². The molecule has 0 unspecified atom stereocenters. The summed E-state index contributed by atoms with van der Waals surface area (Å²) < 4.78 is 0. The van der Waals surface area contributed by atoms with E-state index in [1.807, 2.05) is 20.0 Å². The van der Waals surface area contributed by atoms with Crippen molar-refractivity contribution in [3.8, 4) is 11.8 Å². The Morgan fingerprint density at radius 1 is 1.17 bits per heavy atom. The lowest BCUT2D eigenvalue weighted by molar-refractivity contribution is 0.146. The first kappa shape index (κ1) is 18.2. The van der Waals surface area contributed by atoms with Crippen LogP contribution >= 0.6 is 11.8 Å². The van der Waals surface area contributed by atoms with E-state index in [-0.39, 0.29) is 0 Å². The molecule has 0 saturated heterocycles. The Hall–Kier alpha value is -1.11. The summed E-state index contributed by atoms with van der Waals surface area (Å²) in [4.78, 5) is 2.83. The van der Waals surface area contributed by atoms with Crippen LogP contribution in [0, 0.1) is 11.8 Å². The van der Waals surface area contributed by atoms with Crippen LogP contribution in [0.2, 0.25) is 0 Å². The van der Waals surface area contributed by atoms with Crippen molar-refractivity contribution < 1.29 is 5.11 Å². The highest BCUT2D eigenvalue weighted by Crippen LogP contribution is 2.51. The summed E-state index contributed by atoms with van der Waals surface area (Å²) in [6.07, 6.45) is 7.49. The van der Waals surface area contributed by atoms with Gasteiger partial charge in [-0.2, -0.15) is 0 Å². The molecule has 0 spiro atoms. The highest BCUT2D eigenvalue weighted by molar-refractivity contribution is 8.01. The maximum absolute atomic E-state index is 10.7. The van der Waals surface area contributed by atoms with Crippen molar-refractivity contribution in [3.05, 3.63) is 24.3 Å². The van der Waals surface area contributed by atoms with Crippen LogP contribution < -0.4 is 4.90 Å². The molecule has 126 valence electrons. The molecule has 0 radical (unpaired) electrons. The maximum Gasteiger partial charge on any atom is 0.179 e. The number of aliphatic hydroxyl groups excluding tert-OH is 1. The van der Waals surface area contributed by atoms with E-state index in [1.165, 1.54) is 36.3 Å². The van der Waals surface area contributed by atoms with Gasteiger partial charge in [-0.1, -0.05) is 75.3 Å². The SMILES string of the molecule is CCCCCCCC#C[C@@]1([C@H](O)CC)Sc2ccccc2N1C. The van der Waals surface area contributed by atoms with Gasteiger partial charge in [0.25, 0.3) is 0 Å². The first-order chi connectivity index (χ1) is 11.2. The molecule has 1 N–H and O–H groups in total. The van der Waals surface area contributed by atoms with E-state index in [0.717, 1.165) is 12.8 Å². The van der Waals surface area contributed by atoms with E-state index in [9.17, 15) is 5.11 Å². The minimum Gasteiger partial charge on any atom is -0.389 e. The number of likely N-dealkylation sites (N-methyl/N-ethyl adjacent to an activating group) is 1. The zero-order chi connectivity index (χ0) is 16.7. The number of aliphatic hydroxyl groups is 1. The molecule has 0 bridgehead atoms. The number of hydrogen-bond donors (Lipinski definition) is 1. The van der Waals surface area contributed by atoms with Crippen LogP contribution in [0.4, 0.5) is 5.69 Å². The monoisotopic (exact) mass is 331 g/mol. The standard InChI is InChI=1S/C20H29NOS/c1-4-6-7-8-9-10-13-16-20(19(22)5-2)21(3)17-14-11-12-15-18(17)23-20/h11-12,14-15,19,22H,4-10H2,1-3H3/t19-,20+/m1/s1. The molecule has 1 aliphatic rings. The minimum atomic E-state index is -0.540. The summed E-state index contributed by atoms with van der Waals surface area (Å²) in [6.45, 7) is 4.26. The summed E-state index contributed by atoms with van der Waals surface area (Å²) in [6, 6.07) is 8.33. The van der Waals surface area contributed by atoms with Crippen molar-refractivity contribution in [2.45, 2.75) is 74.7 Å². The van der Waals surface area contributed by atoms with Crippen LogP contribution in [0.25, 0.3) is 0 Å². The maximum atomic E-state index is 10.7. The fourth-order valence-electron chi connectivity index (χ4n) is 3.00. The highest BCUT2D eigenvalue weighted by Gasteiger charge is 2.46. The average molecular weight is 332 g/mol. The molecule has 23 heavy (non-hydrogen) atoms.